The summed E-state index contributed by atoms with van der Waals surface area (Å²) in [6.07, 6.45) is 99.5. The van der Waals surface area contributed by atoms with Gasteiger partial charge in [0, 0.05) is 19.4 Å². The molecule has 0 aromatic carbocycles. The molecule has 0 heterocycles. The molecule has 3 N–H and O–H groups in total. The van der Waals surface area contributed by atoms with Gasteiger partial charge in [-0.15, -0.1) is 0 Å². The monoisotopic (exact) mass is 1170 g/mol. The molecule has 0 saturated heterocycles. The van der Waals surface area contributed by atoms with Crippen molar-refractivity contribution in [1.82, 2.24) is 0 Å². The zero-order chi connectivity index (χ0) is 60.1. The van der Waals surface area contributed by atoms with Crippen molar-refractivity contribution < 1.29 is 37.6 Å². The van der Waals surface area contributed by atoms with Gasteiger partial charge in [0.1, 0.15) is 6.61 Å². The van der Waals surface area contributed by atoms with Crippen LogP contribution in [0.3, 0.4) is 0 Å². The van der Waals surface area contributed by atoms with Crippen molar-refractivity contribution in [2.45, 2.75) is 238 Å². The van der Waals surface area contributed by atoms with Crippen LogP contribution in [0.4, 0.5) is 0 Å². The number of unbranched alkanes of at least 4 members (excludes halogenated alkanes) is 15. The van der Waals surface area contributed by atoms with E-state index in [2.05, 4.69) is 196 Å². The summed E-state index contributed by atoms with van der Waals surface area (Å²) in [5.74, 6) is -0.865. The highest BCUT2D eigenvalue weighted by atomic mass is 31.2. The summed E-state index contributed by atoms with van der Waals surface area (Å²) >= 11 is 0. The van der Waals surface area contributed by atoms with Crippen LogP contribution in [0.25, 0.3) is 0 Å². The predicted octanol–water partition coefficient (Wildman–Crippen LogP) is 21.2. The Morgan fingerprint density at radius 2 is 0.627 bits per heavy atom. The highest BCUT2D eigenvalue weighted by molar-refractivity contribution is 7.47. The summed E-state index contributed by atoms with van der Waals surface area (Å²) in [5.41, 5.74) is 5.39. The molecule has 10 heteroatoms. The SMILES string of the molecule is CC/C=C\C/C=C\C/C=C\C/C=C\C/C=C\C/C=C\C/C=C\C/C=C\C/C=C\C/C=C\CCCCCCCCC(=O)OC(COC(=O)CCCCCCCCCCC/C=C\C/C=C\C/C=C\C/C=C\C/C=C\CC)COP(=O)(O)OCCN. The number of rotatable bonds is 58. The number of phosphoric ester groups is 1. The fourth-order valence-electron chi connectivity index (χ4n) is 8.10. The van der Waals surface area contributed by atoms with Crippen molar-refractivity contribution >= 4 is 19.8 Å². The summed E-state index contributed by atoms with van der Waals surface area (Å²) in [4.78, 5) is 35.3. The highest BCUT2D eigenvalue weighted by Gasteiger charge is 2.26. The van der Waals surface area contributed by atoms with E-state index in [1.165, 1.54) is 32.1 Å². The third-order valence-corrected chi connectivity index (χ3v) is 13.8. The number of esters is 2. The predicted molar refractivity (Wildman–Crippen MR) is 357 cm³/mol. The van der Waals surface area contributed by atoms with Gasteiger partial charge in [0.25, 0.3) is 0 Å². The molecule has 0 rings (SSSR count). The molecular formula is C73H116NO8P. The quantitative estimate of drug-likeness (QED) is 0.0264. The Morgan fingerprint density at radius 1 is 0.361 bits per heavy atom. The van der Waals surface area contributed by atoms with Crippen LogP contribution in [-0.2, 0) is 32.7 Å². The first-order valence-electron chi connectivity index (χ1n) is 32.3. The highest BCUT2D eigenvalue weighted by Crippen LogP contribution is 2.43. The van der Waals surface area contributed by atoms with E-state index in [9.17, 15) is 19.0 Å². The lowest BCUT2D eigenvalue weighted by Crippen LogP contribution is -2.29. The minimum Gasteiger partial charge on any atom is -0.462 e. The Kier molecular flexibility index (Phi) is 62.3. The first-order chi connectivity index (χ1) is 40.8. The maximum Gasteiger partial charge on any atom is 0.472 e. The molecule has 0 aromatic heterocycles. The van der Waals surface area contributed by atoms with E-state index in [0.29, 0.717) is 12.8 Å². The number of allylic oxidation sites excluding steroid dienone is 30. The van der Waals surface area contributed by atoms with Crippen molar-refractivity contribution in [2.75, 3.05) is 26.4 Å². The largest absolute Gasteiger partial charge is 0.472 e. The lowest BCUT2D eigenvalue weighted by Gasteiger charge is -2.19. The molecule has 0 bridgehead atoms. The van der Waals surface area contributed by atoms with E-state index in [1.54, 1.807) is 0 Å². The number of nitrogens with two attached hydrogens (primary N) is 1. The molecule has 0 radical (unpaired) electrons. The van der Waals surface area contributed by atoms with Gasteiger partial charge < -0.3 is 20.1 Å². The zero-order valence-corrected chi connectivity index (χ0v) is 53.0. The van der Waals surface area contributed by atoms with Crippen molar-refractivity contribution in [3.8, 4) is 0 Å². The molecule has 9 nitrogen and oxygen atoms in total. The number of hydrogen-bond acceptors (Lipinski definition) is 8. The standard InChI is InChI=1S/C73H116NO8P/c1-3-5-7-9-11-13-15-17-19-21-23-25-27-29-30-31-32-33-34-35-36-37-38-39-40-42-44-46-48-50-52-54-56-58-60-62-64-66-73(76)82-71(70-81-83(77,78)80-68-67-74)69-79-72(75)65-63-61-59-57-55-53-51-49-47-45-43-41-28-26-24-22-20-18-16-14-12-10-8-6-4-2/h5-8,11-14,17-20,23-26,29-30,32-33,35-36,38-39,41-44,48,50,71H,3-4,9-10,15-16,21-22,27-28,31,34,37,40,45-47,49,51-70,74H2,1-2H3,(H,77,78)/b7-5-,8-6-,13-11-,14-12-,19-17-,20-18-,25-23-,26-24-,30-29-,33-32-,36-35-,39-38-,43-41-,44-42-,50-48-. The van der Waals surface area contributed by atoms with Gasteiger partial charge in [0.05, 0.1) is 13.2 Å². The summed E-state index contributed by atoms with van der Waals surface area (Å²) in [5, 5.41) is 0. The van der Waals surface area contributed by atoms with Gasteiger partial charge in [-0.05, 0) is 135 Å². The summed E-state index contributed by atoms with van der Waals surface area (Å²) in [6.45, 7) is 3.47. The molecule has 0 aromatic rings. The van der Waals surface area contributed by atoms with Crippen LogP contribution in [0.5, 0.6) is 0 Å². The average molecular weight is 1170 g/mol. The number of phosphoric acid groups is 1. The fourth-order valence-corrected chi connectivity index (χ4v) is 8.87. The molecule has 0 aliphatic heterocycles. The Hall–Kier alpha value is -4.89. The lowest BCUT2D eigenvalue weighted by molar-refractivity contribution is -0.161. The van der Waals surface area contributed by atoms with Crippen molar-refractivity contribution in [2.24, 2.45) is 5.73 Å². The van der Waals surface area contributed by atoms with Gasteiger partial charge in [0.15, 0.2) is 6.10 Å². The van der Waals surface area contributed by atoms with E-state index in [1.807, 2.05) is 0 Å². The fraction of sp³-hybridized carbons (Fsp3) is 0.562. The van der Waals surface area contributed by atoms with Crippen molar-refractivity contribution in [3.63, 3.8) is 0 Å². The number of hydrogen-bond donors (Lipinski definition) is 2. The van der Waals surface area contributed by atoms with Gasteiger partial charge in [-0.3, -0.25) is 18.6 Å². The first kappa shape index (κ1) is 78.1. The number of ether oxygens (including phenoxy) is 2. The Balaban J connectivity index is 4.06. The van der Waals surface area contributed by atoms with Gasteiger partial charge >= 0.3 is 19.8 Å². The molecule has 2 unspecified atom stereocenters. The third kappa shape index (κ3) is 66.1. The Morgan fingerprint density at radius 3 is 0.928 bits per heavy atom. The molecule has 0 fully saturated rings. The van der Waals surface area contributed by atoms with E-state index in [-0.39, 0.29) is 32.6 Å². The topological polar surface area (TPSA) is 134 Å². The maximum absolute atomic E-state index is 12.7. The number of carbonyl (C=O) groups is 2. The molecule has 0 spiro atoms. The summed E-state index contributed by atoms with van der Waals surface area (Å²) in [6, 6.07) is 0. The molecule has 0 aliphatic rings. The summed E-state index contributed by atoms with van der Waals surface area (Å²) < 4.78 is 33.1. The minimum absolute atomic E-state index is 0.0398. The van der Waals surface area contributed by atoms with Gasteiger partial charge in [0.2, 0.25) is 0 Å². The third-order valence-electron chi connectivity index (χ3n) is 12.8. The van der Waals surface area contributed by atoms with Crippen molar-refractivity contribution in [1.29, 1.82) is 0 Å². The van der Waals surface area contributed by atoms with E-state index < -0.39 is 32.5 Å². The molecule has 0 saturated carbocycles. The van der Waals surface area contributed by atoms with E-state index in [0.717, 1.165) is 161 Å². The van der Waals surface area contributed by atoms with Gasteiger partial charge in [-0.2, -0.15) is 0 Å². The van der Waals surface area contributed by atoms with Gasteiger partial charge in [-0.25, -0.2) is 4.57 Å². The van der Waals surface area contributed by atoms with Crippen LogP contribution in [0.15, 0.2) is 182 Å². The molecule has 2 atom stereocenters. The van der Waals surface area contributed by atoms with Crippen LogP contribution in [0.2, 0.25) is 0 Å². The molecule has 466 valence electrons. The smallest absolute Gasteiger partial charge is 0.462 e. The van der Waals surface area contributed by atoms with Gasteiger partial charge in [-0.1, -0.05) is 267 Å². The second-order valence-electron chi connectivity index (χ2n) is 20.5. The van der Waals surface area contributed by atoms with Crippen LogP contribution >= 0.6 is 7.82 Å². The van der Waals surface area contributed by atoms with Crippen LogP contribution in [0, 0.1) is 0 Å². The second-order valence-corrected chi connectivity index (χ2v) is 22.0. The molecule has 83 heavy (non-hydrogen) atoms. The Labute approximate surface area is 507 Å². The van der Waals surface area contributed by atoms with Crippen LogP contribution < -0.4 is 5.73 Å². The second kappa shape index (κ2) is 66.3. The van der Waals surface area contributed by atoms with Crippen molar-refractivity contribution in [3.05, 3.63) is 182 Å². The zero-order valence-electron chi connectivity index (χ0n) is 52.1. The van der Waals surface area contributed by atoms with E-state index >= 15 is 0 Å². The average Bonchev–Trinajstić information content (AvgIpc) is 3.49. The first-order valence-corrected chi connectivity index (χ1v) is 33.8. The molecular weight excluding hydrogens is 1050 g/mol. The molecule has 0 amide bonds. The number of carbonyl (C=O) groups excluding carboxylic acids is 2. The summed E-state index contributed by atoms with van der Waals surface area (Å²) in [7, 11) is -4.41. The van der Waals surface area contributed by atoms with Crippen LogP contribution in [-0.4, -0.2) is 49.3 Å². The Bertz CT molecular complexity index is 2010. The van der Waals surface area contributed by atoms with E-state index in [4.69, 9.17) is 24.3 Å². The maximum atomic E-state index is 12.7. The normalized spacial score (nSPS) is 14.2. The van der Waals surface area contributed by atoms with Crippen LogP contribution in [0.1, 0.15) is 232 Å². The minimum atomic E-state index is -4.41. The molecule has 0 aliphatic carbocycles. The lowest BCUT2D eigenvalue weighted by atomic mass is 10.1.